The Morgan fingerprint density at radius 1 is 1.00 bits per heavy atom. The molecule has 0 aliphatic heterocycles. The van der Waals surface area contributed by atoms with E-state index in [-0.39, 0.29) is 6.04 Å². The molecule has 0 saturated heterocycles. The average Bonchev–Trinajstić information content (AvgIpc) is 2.49. The minimum Gasteiger partial charge on any atom is -0.493 e. The van der Waals surface area contributed by atoms with Gasteiger partial charge in [0.2, 0.25) is 0 Å². The minimum atomic E-state index is 0.223. The van der Waals surface area contributed by atoms with Gasteiger partial charge in [0, 0.05) is 19.7 Å². The average molecular weight is 283 g/mol. The lowest BCUT2D eigenvalue weighted by Gasteiger charge is -2.16. The fourth-order valence-electron chi connectivity index (χ4n) is 1.83. The van der Waals surface area contributed by atoms with Gasteiger partial charge in [-0.2, -0.15) is 0 Å². The van der Waals surface area contributed by atoms with Crippen molar-refractivity contribution in [2.45, 2.75) is 13.0 Å². The molecule has 1 aromatic carbocycles. The minimum absolute atomic E-state index is 0.223. The van der Waals surface area contributed by atoms with E-state index in [0.29, 0.717) is 19.8 Å². The number of methoxy groups -OCH3 is 3. The molecule has 1 rings (SSSR count). The fraction of sp³-hybridized carbons (Fsp3) is 0.600. The maximum atomic E-state index is 5.41. The van der Waals surface area contributed by atoms with Crippen LogP contribution in [0.2, 0.25) is 0 Å². The lowest BCUT2D eigenvalue weighted by Crippen LogP contribution is -2.23. The van der Waals surface area contributed by atoms with Gasteiger partial charge in [0.05, 0.1) is 34.0 Å². The lowest BCUT2D eigenvalue weighted by atomic mass is 10.1. The van der Waals surface area contributed by atoms with Gasteiger partial charge >= 0.3 is 0 Å². The van der Waals surface area contributed by atoms with Gasteiger partial charge in [-0.25, -0.2) is 0 Å². The first-order valence-electron chi connectivity index (χ1n) is 6.75. The monoisotopic (exact) mass is 283 g/mol. The molecule has 1 aromatic rings. The second-order valence-electron chi connectivity index (χ2n) is 4.40. The fourth-order valence-corrected chi connectivity index (χ4v) is 1.83. The van der Waals surface area contributed by atoms with Gasteiger partial charge in [-0.1, -0.05) is 6.07 Å². The molecule has 0 bridgehead atoms. The summed E-state index contributed by atoms with van der Waals surface area (Å²) in [5, 5.41) is 3.40. The summed E-state index contributed by atoms with van der Waals surface area (Å²) >= 11 is 0. The van der Waals surface area contributed by atoms with Gasteiger partial charge in [-0.3, -0.25) is 0 Å². The van der Waals surface area contributed by atoms with Crippen LogP contribution in [0.25, 0.3) is 0 Å². The maximum absolute atomic E-state index is 5.41. The Hall–Kier alpha value is -1.30. The number of ether oxygens (including phenoxy) is 4. The van der Waals surface area contributed by atoms with E-state index in [1.807, 2.05) is 18.2 Å². The first-order valence-corrected chi connectivity index (χ1v) is 6.75. The third-order valence-corrected chi connectivity index (χ3v) is 3.04. The van der Waals surface area contributed by atoms with E-state index in [0.717, 1.165) is 23.6 Å². The van der Waals surface area contributed by atoms with E-state index in [1.54, 1.807) is 21.3 Å². The molecule has 0 spiro atoms. The topological polar surface area (TPSA) is 49.0 Å². The second kappa shape index (κ2) is 9.58. The first kappa shape index (κ1) is 16.8. The van der Waals surface area contributed by atoms with Crippen molar-refractivity contribution in [3.8, 4) is 11.5 Å². The summed E-state index contributed by atoms with van der Waals surface area (Å²) in [5.74, 6) is 1.49. The predicted molar refractivity (Wildman–Crippen MR) is 78.7 cm³/mol. The molecule has 5 nitrogen and oxygen atoms in total. The molecule has 1 unspecified atom stereocenters. The van der Waals surface area contributed by atoms with Crippen LogP contribution in [0.4, 0.5) is 0 Å². The number of nitrogens with one attached hydrogen (secondary N) is 1. The molecule has 1 atom stereocenters. The third kappa shape index (κ3) is 5.36. The zero-order valence-corrected chi connectivity index (χ0v) is 12.8. The van der Waals surface area contributed by atoms with Crippen LogP contribution in [-0.2, 0) is 9.47 Å². The molecule has 5 heteroatoms. The van der Waals surface area contributed by atoms with E-state index >= 15 is 0 Å². The molecule has 20 heavy (non-hydrogen) atoms. The Morgan fingerprint density at radius 2 is 1.75 bits per heavy atom. The summed E-state index contributed by atoms with van der Waals surface area (Å²) in [7, 11) is 4.95. The zero-order valence-electron chi connectivity index (χ0n) is 12.8. The lowest BCUT2D eigenvalue weighted by molar-refractivity contribution is 0.0712. The van der Waals surface area contributed by atoms with Gasteiger partial charge in [0.15, 0.2) is 11.5 Å². The molecular formula is C15H25NO4. The van der Waals surface area contributed by atoms with E-state index in [4.69, 9.17) is 18.9 Å². The smallest absolute Gasteiger partial charge is 0.161 e. The summed E-state index contributed by atoms with van der Waals surface area (Å²) in [5.41, 5.74) is 1.15. The highest BCUT2D eigenvalue weighted by Gasteiger charge is 2.09. The molecule has 0 aliphatic rings. The van der Waals surface area contributed by atoms with Crippen molar-refractivity contribution >= 4 is 0 Å². The van der Waals surface area contributed by atoms with Gasteiger partial charge in [-0.15, -0.1) is 0 Å². The second-order valence-corrected chi connectivity index (χ2v) is 4.40. The molecule has 1 N–H and O–H groups in total. The van der Waals surface area contributed by atoms with E-state index in [2.05, 4.69) is 12.2 Å². The van der Waals surface area contributed by atoms with E-state index in [9.17, 15) is 0 Å². The summed E-state index contributed by atoms with van der Waals surface area (Å²) < 4.78 is 20.9. The van der Waals surface area contributed by atoms with Gasteiger partial charge in [0.1, 0.15) is 0 Å². The number of hydrogen-bond donors (Lipinski definition) is 1. The van der Waals surface area contributed by atoms with Crippen LogP contribution >= 0.6 is 0 Å². The number of hydrogen-bond acceptors (Lipinski definition) is 5. The molecule has 0 saturated carbocycles. The van der Waals surface area contributed by atoms with Crippen LogP contribution in [0.15, 0.2) is 18.2 Å². The van der Waals surface area contributed by atoms with Crippen LogP contribution in [0.1, 0.15) is 18.5 Å². The zero-order chi connectivity index (χ0) is 14.8. The summed E-state index contributed by atoms with van der Waals surface area (Å²) in [6.45, 7) is 4.82. The number of rotatable bonds is 10. The van der Waals surface area contributed by atoms with Crippen molar-refractivity contribution in [3.05, 3.63) is 23.8 Å². The highest BCUT2D eigenvalue weighted by molar-refractivity contribution is 5.43. The molecule has 114 valence electrons. The Bertz CT molecular complexity index is 384. The van der Waals surface area contributed by atoms with Crippen molar-refractivity contribution in [2.75, 3.05) is 47.7 Å². The predicted octanol–water partition coefficient (Wildman–Crippen LogP) is 2.02. The molecule has 0 aromatic heterocycles. The maximum Gasteiger partial charge on any atom is 0.161 e. The number of benzene rings is 1. The highest BCUT2D eigenvalue weighted by Crippen LogP contribution is 2.29. The first-order chi connectivity index (χ1) is 9.72. The molecular weight excluding hydrogens is 258 g/mol. The van der Waals surface area contributed by atoms with Gasteiger partial charge in [0.25, 0.3) is 0 Å². The standard InChI is InChI=1S/C15H25NO4/c1-12(16-7-8-20-10-9-17-2)13-5-6-14(18-3)15(11-13)19-4/h5-6,11-12,16H,7-10H2,1-4H3. The van der Waals surface area contributed by atoms with Crippen LogP contribution in [0.3, 0.4) is 0 Å². The quantitative estimate of drug-likeness (QED) is 0.666. The van der Waals surface area contributed by atoms with Crippen molar-refractivity contribution in [2.24, 2.45) is 0 Å². The van der Waals surface area contributed by atoms with Crippen LogP contribution in [0.5, 0.6) is 11.5 Å². The Labute approximate surface area is 121 Å². The molecule has 0 heterocycles. The Morgan fingerprint density at radius 3 is 2.40 bits per heavy atom. The highest BCUT2D eigenvalue weighted by atomic mass is 16.5. The normalized spacial score (nSPS) is 12.2. The van der Waals surface area contributed by atoms with Crippen molar-refractivity contribution in [1.82, 2.24) is 5.32 Å². The van der Waals surface area contributed by atoms with Crippen LogP contribution < -0.4 is 14.8 Å². The van der Waals surface area contributed by atoms with Crippen LogP contribution in [-0.4, -0.2) is 47.7 Å². The van der Waals surface area contributed by atoms with Gasteiger partial charge < -0.3 is 24.3 Å². The SMILES string of the molecule is COCCOCCNC(C)c1ccc(OC)c(OC)c1. The van der Waals surface area contributed by atoms with Crippen molar-refractivity contribution < 1.29 is 18.9 Å². The molecule has 0 fully saturated rings. The summed E-state index contributed by atoms with van der Waals surface area (Å²) in [6.07, 6.45) is 0. The van der Waals surface area contributed by atoms with Crippen molar-refractivity contribution in [1.29, 1.82) is 0 Å². The molecule has 0 aliphatic carbocycles. The largest absolute Gasteiger partial charge is 0.493 e. The molecule has 0 radical (unpaired) electrons. The Balaban J connectivity index is 2.41. The van der Waals surface area contributed by atoms with Gasteiger partial charge in [-0.05, 0) is 24.6 Å². The summed E-state index contributed by atoms with van der Waals surface area (Å²) in [6, 6.07) is 6.16. The Kier molecular flexibility index (Phi) is 8.02. The molecule has 0 amide bonds. The van der Waals surface area contributed by atoms with E-state index < -0.39 is 0 Å². The van der Waals surface area contributed by atoms with E-state index in [1.165, 1.54) is 0 Å². The van der Waals surface area contributed by atoms with Crippen molar-refractivity contribution in [3.63, 3.8) is 0 Å². The van der Waals surface area contributed by atoms with Crippen LogP contribution in [0, 0.1) is 0 Å². The summed E-state index contributed by atoms with van der Waals surface area (Å²) in [4.78, 5) is 0. The third-order valence-electron chi connectivity index (χ3n) is 3.04.